The van der Waals surface area contributed by atoms with Crippen LogP contribution in [-0.4, -0.2) is 23.0 Å². The number of rotatable bonds is 4. The number of non-ortho nitro benzene ring substituents is 1. The molecule has 0 amide bonds. The van der Waals surface area contributed by atoms with Crippen molar-refractivity contribution >= 4 is 38.6 Å². The van der Waals surface area contributed by atoms with Gasteiger partial charge in [-0.3, -0.25) is 14.7 Å². The van der Waals surface area contributed by atoms with Crippen LogP contribution in [-0.2, 0) is 27.2 Å². The van der Waals surface area contributed by atoms with E-state index >= 15 is 0 Å². The molecule has 134 valence electrons. The maximum Gasteiger partial charge on any atom is 1.00 e. The number of nitrogens with one attached hydrogen (secondary N) is 1. The van der Waals surface area contributed by atoms with Gasteiger partial charge in [0.15, 0.2) is 0 Å². The molecule has 26 heavy (non-hydrogen) atoms. The van der Waals surface area contributed by atoms with Crippen LogP contribution in [0.1, 0.15) is 0 Å². The summed E-state index contributed by atoms with van der Waals surface area (Å²) in [7, 11) is -4.63. The van der Waals surface area contributed by atoms with Crippen LogP contribution in [0.2, 0.25) is 0 Å². The van der Waals surface area contributed by atoms with E-state index < -0.39 is 25.7 Å². The van der Waals surface area contributed by atoms with Gasteiger partial charge in [0.2, 0.25) is 0 Å². The Morgan fingerprint density at radius 1 is 1.15 bits per heavy atom. The topological polar surface area (TPSA) is 192 Å². The van der Waals surface area contributed by atoms with Gasteiger partial charge in [0, 0.05) is 29.2 Å². The zero-order valence-electron chi connectivity index (χ0n) is 13.1. The van der Waals surface area contributed by atoms with E-state index in [0.717, 1.165) is 30.3 Å². The summed E-state index contributed by atoms with van der Waals surface area (Å²) in [5, 5.41) is 27.5. The van der Waals surface area contributed by atoms with Crippen LogP contribution >= 0.6 is 0 Å². The first-order valence-electron chi connectivity index (χ1n) is 6.11. The first-order valence-corrected chi connectivity index (χ1v) is 7.55. The van der Waals surface area contributed by atoms with Crippen LogP contribution in [0.15, 0.2) is 45.5 Å². The number of anilines is 1. The predicted molar refractivity (Wildman–Crippen MR) is 83.6 cm³/mol. The molecule has 0 saturated carbocycles. The van der Waals surface area contributed by atoms with Crippen molar-refractivity contribution in [1.82, 2.24) is 0 Å². The second-order valence-electron chi connectivity index (χ2n) is 4.51. The fourth-order valence-corrected chi connectivity index (χ4v) is 2.32. The van der Waals surface area contributed by atoms with Crippen molar-refractivity contribution in [3.8, 4) is 5.75 Å². The summed E-state index contributed by atoms with van der Waals surface area (Å²) in [6.45, 7) is 0. The van der Waals surface area contributed by atoms with Crippen molar-refractivity contribution in [2.24, 2.45) is 10.2 Å². The standard InChI is InChI=1S/C12H10N5O6S.Fe.Na/c13-7-4-8(14)12(24(21,22)23)5-9(7)15-16-10-3-6(17(19)20)1-2-11(10)18;;/h1-5H,(H5-,13,14,15,16,18,21,22,23);;/q-1;;+1. The van der Waals surface area contributed by atoms with E-state index in [4.69, 9.17) is 16.0 Å². The van der Waals surface area contributed by atoms with Gasteiger partial charge in [-0.1, -0.05) is 6.07 Å². The van der Waals surface area contributed by atoms with Crippen molar-refractivity contribution in [3.05, 3.63) is 46.2 Å². The summed E-state index contributed by atoms with van der Waals surface area (Å²) in [5.74, 6) is -0.402. The second kappa shape index (κ2) is 9.28. The van der Waals surface area contributed by atoms with Crippen LogP contribution in [0.25, 0.3) is 5.73 Å². The molecule has 5 N–H and O–H groups in total. The largest absolute Gasteiger partial charge is 1.00 e. The average molecular weight is 431 g/mol. The number of nitro groups is 1. The molecular formula is C12H10FeN5NaO6S. The quantitative estimate of drug-likeness (QED) is 0.154. The third kappa shape index (κ3) is 5.64. The Kier molecular flexibility index (Phi) is 8.66. The normalized spacial score (nSPS) is 10.8. The maximum absolute atomic E-state index is 11.2. The third-order valence-corrected chi connectivity index (χ3v) is 3.75. The fraction of sp³-hybridized carbons (Fsp3) is 0. The Labute approximate surface area is 180 Å². The number of nitro benzene ring substituents is 1. The molecule has 0 radical (unpaired) electrons. The summed E-state index contributed by atoms with van der Waals surface area (Å²) in [6.07, 6.45) is 0. The van der Waals surface area contributed by atoms with Crippen LogP contribution < -0.4 is 35.3 Å². The Morgan fingerprint density at radius 3 is 2.27 bits per heavy atom. The molecule has 0 aliphatic heterocycles. The van der Waals surface area contributed by atoms with E-state index in [-0.39, 0.29) is 75.1 Å². The number of hydrogen-bond donors (Lipinski definition) is 3. The fourth-order valence-electron chi connectivity index (χ4n) is 1.71. The Bertz CT molecular complexity index is 969. The molecule has 0 aliphatic rings. The van der Waals surface area contributed by atoms with Crippen molar-refractivity contribution in [2.45, 2.75) is 4.90 Å². The minimum Gasteiger partial charge on any atom is -0.697 e. The first-order chi connectivity index (χ1) is 11.1. The van der Waals surface area contributed by atoms with Gasteiger partial charge in [-0.15, -0.1) is 10.8 Å². The minimum atomic E-state index is -4.63. The second-order valence-corrected chi connectivity index (χ2v) is 5.90. The number of nitrogen functional groups attached to an aromatic ring is 1. The molecule has 0 heterocycles. The monoisotopic (exact) mass is 431 g/mol. The number of nitrogens with two attached hydrogens (primary N) is 1. The van der Waals surface area contributed by atoms with Gasteiger partial charge in [-0.2, -0.15) is 13.5 Å². The summed E-state index contributed by atoms with van der Waals surface area (Å²) in [6, 6.07) is 4.82. The summed E-state index contributed by atoms with van der Waals surface area (Å²) >= 11 is 0. The molecule has 11 nitrogen and oxygen atoms in total. The Morgan fingerprint density at radius 2 is 1.73 bits per heavy atom. The number of aromatic hydroxyl groups is 1. The molecule has 0 atom stereocenters. The van der Waals surface area contributed by atoms with Gasteiger partial charge in [-0.05, 0) is 12.1 Å². The number of nitrogens with zero attached hydrogens (tertiary/aromatic N) is 3. The van der Waals surface area contributed by atoms with E-state index in [2.05, 4.69) is 10.2 Å². The molecule has 14 heteroatoms. The molecular weight excluding hydrogens is 421 g/mol. The molecule has 0 spiro atoms. The zero-order valence-corrected chi connectivity index (χ0v) is 17.0. The van der Waals surface area contributed by atoms with Crippen molar-refractivity contribution in [2.75, 3.05) is 5.73 Å². The van der Waals surface area contributed by atoms with E-state index in [1.54, 1.807) is 0 Å². The van der Waals surface area contributed by atoms with Gasteiger partial charge < -0.3 is 16.6 Å². The molecule has 0 fully saturated rings. The molecule has 0 aromatic heterocycles. The number of azo groups is 1. The summed E-state index contributed by atoms with van der Waals surface area (Å²) in [4.78, 5) is 9.34. The maximum atomic E-state index is 11.2. The van der Waals surface area contributed by atoms with Gasteiger partial charge in [0.05, 0.1) is 16.3 Å². The van der Waals surface area contributed by atoms with Crippen LogP contribution in [0.5, 0.6) is 5.75 Å². The van der Waals surface area contributed by atoms with Crippen molar-refractivity contribution in [3.63, 3.8) is 0 Å². The van der Waals surface area contributed by atoms with E-state index in [1.807, 2.05) is 0 Å². The molecule has 0 aliphatic carbocycles. The molecule has 2 aromatic rings. The summed E-state index contributed by atoms with van der Waals surface area (Å²) in [5.41, 5.74) is 11.6. The van der Waals surface area contributed by atoms with E-state index in [0.29, 0.717) is 0 Å². The molecule has 0 unspecified atom stereocenters. The van der Waals surface area contributed by atoms with Gasteiger partial charge in [0.1, 0.15) is 16.3 Å². The zero-order chi connectivity index (χ0) is 18.1. The number of phenolic OH excluding ortho intramolecular Hbond substituents is 1. The third-order valence-electron chi connectivity index (χ3n) is 2.84. The van der Waals surface area contributed by atoms with Gasteiger partial charge >= 0.3 is 29.6 Å². The van der Waals surface area contributed by atoms with Gasteiger partial charge in [0.25, 0.3) is 15.8 Å². The first kappa shape index (κ1) is 24.3. The van der Waals surface area contributed by atoms with Crippen molar-refractivity contribution < 1.29 is 69.6 Å². The molecule has 2 aromatic carbocycles. The summed E-state index contributed by atoms with van der Waals surface area (Å²) < 4.78 is 31.4. The number of hydrogen-bond acceptors (Lipinski definition) is 8. The van der Waals surface area contributed by atoms with Crippen LogP contribution in [0.4, 0.5) is 28.4 Å². The minimum absolute atomic E-state index is 0. The molecule has 0 bridgehead atoms. The Balaban J connectivity index is 0.00000312. The van der Waals surface area contributed by atoms with Crippen LogP contribution in [0.3, 0.4) is 0 Å². The Hall–Kier alpha value is -1.73. The SMILES string of the molecule is [Fe].[NH-]c1cc(N)c(S(=O)(=O)O)cc1N=Nc1cc([N+](=O)[O-])ccc1O.[Na+]. The number of benzene rings is 2. The number of phenols is 1. The smallest absolute Gasteiger partial charge is 0.697 e. The van der Waals surface area contributed by atoms with E-state index in [9.17, 15) is 23.6 Å². The predicted octanol–water partition coefficient (Wildman–Crippen LogP) is 0.230. The average Bonchev–Trinajstić information content (AvgIpc) is 2.46. The molecule has 2 rings (SSSR count). The van der Waals surface area contributed by atoms with E-state index in [1.165, 1.54) is 0 Å². The van der Waals surface area contributed by atoms with Crippen LogP contribution in [0, 0.1) is 10.1 Å². The van der Waals surface area contributed by atoms with Gasteiger partial charge in [-0.25, -0.2) is 0 Å². The molecule has 0 saturated heterocycles. The van der Waals surface area contributed by atoms with Crippen molar-refractivity contribution in [1.29, 1.82) is 0 Å².